The van der Waals surface area contributed by atoms with Gasteiger partial charge in [-0.3, -0.25) is 9.82 Å². The third-order valence-corrected chi connectivity index (χ3v) is 5.80. The third kappa shape index (κ3) is 3.97. The molecule has 10 heteroatoms. The number of benzene rings is 1. The molecule has 1 aromatic carbocycles. The number of hydrogen-bond acceptors (Lipinski definition) is 6. The molecule has 0 spiro atoms. The van der Waals surface area contributed by atoms with Gasteiger partial charge in [0.05, 0.1) is 11.4 Å². The quantitative estimate of drug-likeness (QED) is 0.504. The maximum atomic E-state index is 12.6. The Morgan fingerprint density at radius 2 is 1.79 bits per heavy atom. The van der Waals surface area contributed by atoms with Crippen LogP contribution in [-0.4, -0.2) is 33.2 Å². The van der Waals surface area contributed by atoms with E-state index in [4.69, 9.17) is 4.74 Å². The SMILES string of the molecule is Cc1n[nH]c(C)c1S(=O)(=O)Nc1ccc(Oc2cc(-n3cccc3)ncn2)cc1. The highest BCUT2D eigenvalue weighted by atomic mass is 32.2. The minimum absolute atomic E-state index is 0.149. The summed E-state index contributed by atoms with van der Waals surface area (Å²) in [5, 5.41) is 6.61. The van der Waals surface area contributed by atoms with Crippen molar-refractivity contribution in [2.75, 3.05) is 4.72 Å². The number of hydrogen-bond donors (Lipinski definition) is 2. The van der Waals surface area contributed by atoms with Gasteiger partial charge in [-0.15, -0.1) is 0 Å². The van der Waals surface area contributed by atoms with Crippen LogP contribution in [0.4, 0.5) is 5.69 Å². The number of aromatic amines is 1. The molecule has 4 rings (SSSR count). The zero-order valence-electron chi connectivity index (χ0n) is 15.7. The summed E-state index contributed by atoms with van der Waals surface area (Å²) < 4.78 is 35.4. The molecular weight excluding hydrogens is 392 g/mol. The van der Waals surface area contributed by atoms with E-state index in [1.807, 2.05) is 29.1 Å². The molecule has 0 fully saturated rings. The summed E-state index contributed by atoms with van der Waals surface area (Å²) in [5.74, 6) is 1.57. The summed E-state index contributed by atoms with van der Waals surface area (Å²) in [6.07, 6.45) is 5.16. The maximum absolute atomic E-state index is 12.6. The van der Waals surface area contributed by atoms with Crippen molar-refractivity contribution in [3.63, 3.8) is 0 Å². The highest BCUT2D eigenvalue weighted by Crippen LogP contribution is 2.25. The average Bonchev–Trinajstić information content (AvgIpc) is 3.34. The molecule has 4 aromatic rings. The van der Waals surface area contributed by atoms with Crippen LogP contribution in [0.2, 0.25) is 0 Å². The van der Waals surface area contributed by atoms with Crippen LogP contribution in [0.1, 0.15) is 11.4 Å². The minimum Gasteiger partial charge on any atom is -0.439 e. The lowest BCUT2D eigenvalue weighted by atomic mass is 10.3. The Balaban J connectivity index is 1.50. The molecule has 0 bridgehead atoms. The smallest absolute Gasteiger partial charge is 0.265 e. The van der Waals surface area contributed by atoms with Gasteiger partial charge in [-0.05, 0) is 50.2 Å². The molecule has 9 nitrogen and oxygen atoms in total. The van der Waals surface area contributed by atoms with Gasteiger partial charge in [-0.1, -0.05) is 0 Å². The number of nitrogens with one attached hydrogen (secondary N) is 2. The monoisotopic (exact) mass is 410 g/mol. The van der Waals surface area contributed by atoms with Gasteiger partial charge in [0.15, 0.2) is 0 Å². The first kappa shape index (κ1) is 18.7. The maximum Gasteiger partial charge on any atom is 0.265 e. The van der Waals surface area contributed by atoms with Gasteiger partial charge >= 0.3 is 0 Å². The zero-order valence-corrected chi connectivity index (χ0v) is 16.5. The second-order valence-electron chi connectivity index (χ2n) is 6.30. The van der Waals surface area contributed by atoms with Crippen LogP contribution >= 0.6 is 0 Å². The molecular formula is C19H18N6O3S. The molecule has 0 aliphatic heterocycles. The van der Waals surface area contributed by atoms with Crippen LogP contribution in [-0.2, 0) is 10.0 Å². The van der Waals surface area contributed by atoms with Gasteiger partial charge in [0.2, 0.25) is 5.88 Å². The van der Waals surface area contributed by atoms with E-state index in [0.29, 0.717) is 34.5 Å². The van der Waals surface area contributed by atoms with E-state index in [-0.39, 0.29) is 4.90 Å². The summed E-state index contributed by atoms with van der Waals surface area (Å²) in [4.78, 5) is 8.46. The largest absolute Gasteiger partial charge is 0.439 e. The lowest BCUT2D eigenvalue weighted by Crippen LogP contribution is -2.14. The van der Waals surface area contributed by atoms with Crippen molar-refractivity contribution in [2.45, 2.75) is 18.7 Å². The van der Waals surface area contributed by atoms with Crippen molar-refractivity contribution in [3.8, 4) is 17.4 Å². The predicted octanol–water partition coefficient (Wildman–Crippen LogP) is 3.20. The molecule has 0 saturated carbocycles. The van der Waals surface area contributed by atoms with Crippen molar-refractivity contribution in [1.29, 1.82) is 0 Å². The number of anilines is 1. The number of aromatic nitrogens is 5. The topological polar surface area (TPSA) is 115 Å². The normalized spacial score (nSPS) is 11.4. The fourth-order valence-corrected chi connectivity index (χ4v) is 4.30. The first-order chi connectivity index (χ1) is 13.9. The van der Waals surface area contributed by atoms with E-state index in [1.165, 1.54) is 6.33 Å². The molecule has 3 heterocycles. The van der Waals surface area contributed by atoms with E-state index < -0.39 is 10.0 Å². The van der Waals surface area contributed by atoms with Crippen molar-refractivity contribution in [2.24, 2.45) is 0 Å². The van der Waals surface area contributed by atoms with Crippen LogP contribution in [0.15, 0.2) is 66.1 Å². The Bertz CT molecular complexity index is 1210. The fourth-order valence-electron chi connectivity index (χ4n) is 2.87. The lowest BCUT2D eigenvalue weighted by Gasteiger charge is -2.10. The van der Waals surface area contributed by atoms with E-state index >= 15 is 0 Å². The molecule has 148 valence electrons. The van der Waals surface area contributed by atoms with Gasteiger partial charge < -0.3 is 9.30 Å². The first-order valence-electron chi connectivity index (χ1n) is 8.70. The van der Waals surface area contributed by atoms with Gasteiger partial charge in [0.25, 0.3) is 10.0 Å². The van der Waals surface area contributed by atoms with E-state index in [9.17, 15) is 8.42 Å². The summed E-state index contributed by atoms with van der Waals surface area (Å²) in [7, 11) is -3.74. The standard InChI is InChI=1S/C19H18N6O3S/c1-13-19(14(2)23-22-13)29(26,27)24-15-5-7-16(8-6-15)28-18-11-17(20-12-21-18)25-9-3-4-10-25/h3-12,24H,1-2H3,(H,22,23). The lowest BCUT2D eigenvalue weighted by molar-refractivity contribution is 0.461. The van der Waals surface area contributed by atoms with Gasteiger partial charge in [-0.2, -0.15) is 5.10 Å². The molecule has 2 N–H and O–H groups in total. The molecule has 0 amide bonds. The second-order valence-corrected chi connectivity index (χ2v) is 7.92. The van der Waals surface area contributed by atoms with Gasteiger partial charge in [0.1, 0.15) is 22.8 Å². The van der Waals surface area contributed by atoms with Crippen LogP contribution < -0.4 is 9.46 Å². The Morgan fingerprint density at radius 3 is 2.45 bits per heavy atom. The number of nitrogens with zero attached hydrogens (tertiary/aromatic N) is 4. The van der Waals surface area contributed by atoms with E-state index in [2.05, 4.69) is 24.9 Å². The molecule has 0 aliphatic carbocycles. The van der Waals surface area contributed by atoms with Gasteiger partial charge in [0, 0.05) is 24.1 Å². The highest BCUT2D eigenvalue weighted by molar-refractivity contribution is 7.92. The van der Waals surface area contributed by atoms with Crippen molar-refractivity contribution in [1.82, 2.24) is 24.7 Å². The number of rotatable bonds is 6. The Hall–Kier alpha value is -3.66. The minimum atomic E-state index is -3.74. The highest BCUT2D eigenvalue weighted by Gasteiger charge is 2.22. The first-order valence-corrected chi connectivity index (χ1v) is 10.2. The van der Waals surface area contributed by atoms with Crippen molar-refractivity contribution in [3.05, 3.63) is 72.6 Å². The van der Waals surface area contributed by atoms with Crippen molar-refractivity contribution >= 4 is 15.7 Å². The summed E-state index contributed by atoms with van der Waals surface area (Å²) in [6, 6.07) is 12.1. The molecule has 0 radical (unpaired) electrons. The summed E-state index contributed by atoms with van der Waals surface area (Å²) >= 11 is 0. The third-order valence-electron chi connectivity index (χ3n) is 4.15. The van der Waals surface area contributed by atoms with Crippen LogP contribution in [0.5, 0.6) is 11.6 Å². The Morgan fingerprint density at radius 1 is 1.07 bits per heavy atom. The van der Waals surface area contributed by atoms with E-state index in [1.54, 1.807) is 44.2 Å². The fraction of sp³-hybridized carbons (Fsp3) is 0.105. The number of sulfonamides is 1. The molecule has 0 atom stereocenters. The summed E-state index contributed by atoms with van der Waals surface area (Å²) in [6.45, 7) is 3.30. The Kier molecular flexibility index (Phi) is 4.77. The van der Waals surface area contributed by atoms with Crippen LogP contribution in [0.3, 0.4) is 0 Å². The van der Waals surface area contributed by atoms with Crippen LogP contribution in [0.25, 0.3) is 5.82 Å². The predicted molar refractivity (Wildman–Crippen MR) is 107 cm³/mol. The van der Waals surface area contributed by atoms with Gasteiger partial charge in [-0.25, -0.2) is 18.4 Å². The van der Waals surface area contributed by atoms with Crippen LogP contribution in [0, 0.1) is 13.8 Å². The van der Waals surface area contributed by atoms with E-state index in [0.717, 1.165) is 0 Å². The van der Waals surface area contributed by atoms with Crippen molar-refractivity contribution < 1.29 is 13.2 Å². The molecule has 0 aliphatic rings. The molecule has 29 heavy (non-hydrogen) atoms. The Labute approximate surface area is 167 Å². The molecule has 3 aromatic heterocycles. The molecule has 0 saturated heterocycles. The summed E-state index contributed by atoms with van der Waals surface area (Å²) in [5.41, 5.74) is 1.31. The second kappa shape index (κ2) is 7.40. The zero-order chi connectivity index (χ0) is 20.4. The number of H-pyrrole nitrogens is 1. The number of ether oxygens (including phenoxy) is 1. The average molecular weight is 410 g/mol. The number of aryl methyl sites for hydroxylation is 2. The molecule has 0 unspecified atom stereocenters.